The molecule has 6 atom stereocenters. The van der Waals surface area contributed by atoms with Gasteiger partial charge in [0.25, 0.3) is 5.56 Å². The van der Waals surface area contributed by atoms with Gasteiger partial charge >= 0.3 is 12.7 Å². The first-order valence-corrected chi connectivity index (χ1v) is 13.8. The number of nitrogens with one attached hydrogen (secondary N) is 2. The third-order valence-electron chi connectivity index (χ3n) is 5.16. The fraction of sp³-hybridized carbons (Fsp3) is 0.667. The molecule has 2 aromatic heterocycles. The Morgan fingerprint density at radius 1 is 1.53 bits per heavy atom. The maximum atomic E-state index is 13.3. The summed E-state index contributed by atoms with van der Waals surface area (Å²) in [6.45, 7) is 2.46. The molecule has 0 aromatic carbocycles. The smallest absolute Gasteiger partial charge is 0.327 e. The van der Waals surface area contributed by atoms with Crippen molar-refractivity contribution >= 4 is 41.2 Å². The van der Waals surface area contributed by atoms with E-state index in [0.717, 1.165) is 11.4 Å². The highest BCUT2D eigenvalue weighted by atomic mass is 32.7. The lowest BCUT2D eigenvalue weighted by molar-refractivity contribution is -0.144. The molecule has 1 fully saturated rings. The number of hydrogen-bond donors (Lipinski definition) is 5. The van der Waals surface area contributed by atoms with E-state index >= 15 is 0 Å². The van der Waals surface area contributed by atoms with E-state index in [4.69, 9.17) is 19.7 Å². The molecule has 6 N–H and O–H groups in total. The number of rotatable bonds is 10. The van der Waals surface area contributed by atoms with E-state index in [1.165, 1.54) is 24.7 Å². The average molecular weight is 521 g/mol. The van der Waals surface area contributed by atoms with Crippen LogP contribution in [0.1, 0.15) is 33.9 Å². The summed E-state index contributed by atoms with van der Waals surface area (Å²) < 4.78 is 30.9. The molecule has 0 aliphatic carbocycles. The molecule has 1 saturated heterocycles. The molecular formula is C18H29N6O8PS. The summed E-state index contributed by atoms with van der Waals surface area (Å²) >= 11 is 0.968. The number of esters is 1. The van der Waals surface area contributed by atoms with Crippen molar-refractivity contribution in [1.82, 2.24) is 24.6 Å². The van der Waals surface area contributed by atoms with Crippen LogP contribution in [0.2, 0.25) is 0 Å². The van der Waals surface area contributed by atoms with Crippen LogP contribution < -0.4 is 16.4 Å². The van der Waals surface area contributed by atoms with E-state index in [-0.39, 0.29) is 30.3 Å². The highest BCUT2D eigenvalue weighted by Crippen LogP contribution is 2.56. The Kier molecular flexibility index (Phi) is 8.07. The van der Waals surface area contributed by atoms with Crippen molar-refractivity contribution in [1.29, 1.82) is 0 Å². The fourth-order valence-electron chi connectivity index (χ4n) is 3.50. The molecule has 0 radical (unpaired) electrons. The highest BCUT2D eigenvalue weighted by molar-refractivity contribution is 8.56. The zero-order valence-electron chi connectivity index (χ0n) is 19.1. The van der Waals surface area contributed by atoms with Crippen LogP contribution >= 0.6 is 18.1 Å². The summed E-state index contributed by atoms with van der Waals surface area (Å²) in [4.78, 5) is 34.4. The van der Waals surface area contributed by atoms with Crippen LogP contribution in [-0.2, 0) is 23.4 Å². The number of nitrogens with zero attached hydrogens (tertiary/aromatic N) is 3. The largest absolute Gasteiger partial charge is 0.465 e. The summed E-state index contributed by atoms with van der Waals surface area (Å²) in [6, 6.07) is -0.901. The van der Waals surface area contributed by atoms with E-state index in [1.54, 1.807) is 13.8 Å². The van der Waals surface area contributed by atoms with E-state index in [1.807, 2.05) is 0 Å². The van der Waals surface area contributed by atoms with Crippen molar-refractivity contribution in [3.05, 3.63) is 16.7 Å². The van der Waals surface area contributed by atoms with Gasteiger partial charge in [-0.25, -0.2) is 10.1 Å². The second-order valence-corrected chi connectivity index (χ2v) is 12.4. The molecule has 3 heterocycles. The average Bonchev–Trinajstić information content (AvgIpc) is 3.26. The third kappa shape index (κ3) is 5.30. The summed E-state index contributed by atoms with van der Waals surface area (Å²) in [6.07, 6.45) is -2.54. The maximum Gasteiger partial charge on any atom is 0.327 e. The van der Waals surface area contributed by atoms with Crippen molar-refractivity contribution in [2.75, 3.05) is 24.7 Å². The van der Waals surface area contributed by atoms with Crippen LogP contribution in [-0.4, -0.2) is 78.5 Å². The predicted octanol–water partition coefficient (Wildman–Crippen LogP) is 0.130. The summed E-state index contributed by atoms with van der Waals surface area (Å²) in [5.74, 6) is -0.328. The van der Waals surface area contributed by atoms with E-state index < -0.39 is 48.3 Å². The number of aromatic amines is 1. The van der Waals surface area contributed by atoms with Gasteiger partial charge in [-0.2, -0.15) is 4.98 Å². The van der Waals surface area contributed by atoms with Crippen LogP contribution in [0.4, 0.5) is 5.95 Å². The van der Waals surface area contributed by atoms with Crippen molar-refractivity contribution in [2.45, 2.75) is 57.8 Å². The van der Waals surface area contributed by atoms with Crippen molar-refractivity contribution in [3.63, 3.8) is 0 Å². The maximum absolute atomic E-state index is 13.3. The summed E-state index contributed by atoms with van der Waals surface area (Å²) in [5, 5.41) is 24.4. The molecule has 14 nitrogen and oxygen atoms in total. The molecule has 1 aliphatic rings. The van der Waals surface area contributed by atoms with Gasteiger partial charge in [-0.3, -0.25) is 23.7 Å². The molecule has 0 amide bonds. The first kappa shape index (κ1) is 26.6. The van der Waals surface area contributed by atoms with Gasteiger partial charge in [-0.1, -0.05) is 18.3 Å². The van der Waals surface area contributed by atoms with Gasteiger partial charge in [-0.05, 0) is 20.8 Å². The molecule has 0 spiro atoms. The van der Waals surface area contributed by atoms with Gasteiger partial charge in [0.1, 0.15) is 23.9 Å². The molecule has 0 saturated carbocycles. The fourth-order valence-corrected chi connectivity index (χ4v) is 7.11. The number of nitrogen functional groups attached to an aromatic ring is 1. The van der Waals surface area contributed by atoms with Crippen LogP contribution in [0.15, 0.2) is 11.1 Å². The number of fused-ring (bicyclic) bond motifs is 1. The molecule has 3 rings (SSSR count). The van der Waals surface area contributed by atoms with Crippen LogP contribution in [0.3, 0.4) is 0 Å². The zero-order chi connectivity index (χ0) is 25.3. The van der Waals surface area contributed by atoms with Crippen LogP contribution in [0.5, 0.6) is 0 Å². The lowest BCUT2D eigenvalue weighted by Gasteiger charge is -2.27. The standard InChI is InChI=1S/C18H29N6O8PS/c1-5-30-15(27)9(3)23-33(29,34-6-2)31-7-10-12(25)18(4,28)16(32-10)24-8-20-11-13(24)21-17(19)22-14(11)26/h8-10,12,16,25,28H,5-7H2,1-4H3,(H,23,29)(H3,19,21,22,26)/t9-,10-,12-,16-,18-,33+/m1/s1. The van der Waals surface area contributed by atoms with Gasteiger partial charge in [-0.15, -0.1) is 0 Å². The number of ether oxygens (including phenoxy) is 2. The number of anilines is 1. The second-order valence-electron chi connectivity index (χ2n) is 7.79. The molecule has 34 heavy (non-hydrogen) atoms. The Morgan fingerprint density at radius 3 is 2.88 bits per heavy atom. The monoisotopic (exact) mass is 520 g/mol. The second kappa shape index (κ2) is 10.3. The van der Waals surface area contributed by atoms with Crippen LogP contribution in [0.25, 0.3) is 11.2 Å². The third-order valence-corrected chi connectivity index (χ3v) is 9.38. The Labute approximate surface area is 198 Å². The van der Waals surface area contributed by atoms with Crippen molar-refractivity contribution in [3.8, 4) is 0 Å². The molecule has 16 heteroatoms. The number of aliphatic hydroxyl groups is 2. The summed E-state index contributed by atoms with van der Waals surface area (Å²) in [7, 11) is 0. The van der Waals surface area contributed by atoms with E-state index in [0.29, 0.717) is 5.75 Å². The number of aliphatic hydroxyl groups excluding tert-OH is 1. The van der Waals surface area contributed by atoms with E-state index in [9.17, 15) is 24.4 Å². The summed E-state index contributed by atoms with van der Waals surface area (Å²) in [5.41, 5.74) is 3.23. The molecule has 0 bridgehead atoms. The minimum absolute atomic E-state index is 0.0243. The number of nitrogens with two attached hydrogens (primary N) is 1. The Hall–Kier alpha value is -2.00. The number of imidazole rings is 1. The van der Waals surface area contributed by atoms with Gasteiger partial charge in [0.2, 0.25) is 5.95 Å². The molecule has 0 unspecified atom stereocenters. The SMILES string of the molecule is CCOC(=O)[C@@H](C)N[P@](=O)(OC[C@H]1O[C@@H](n2cnc3c(=O)[nH]c(N)nc32)[C@](C)(O)[C@@H]1O)SCC. The molecule has 190 valence electrons. The van der Waals surface area contributed by atoms with Gasteiger partial charge < -0.3 is 29.9 Å². The number of H-pyrrole nitrogens is 1. The lowest BCUT2D eigenvalue weighted by Crippen LogP contribution is -2.44. The minimum Gasteiger partial charge on any atom is -0.465 e. The lowest BCUT2D eigenvalue weighted by atomic mass is 9.96. The number of carbonyl (C=O) groups is 1. The van der Waals surface area contributed by atoms with Gasteiger partial charge in [0, 0.05) is 5.75 Å². The normalized spacial score (nSPS) is 27.5. The molecule has 2 aromatic rings. The Morgan fingerprint density at radius 2 is 2.24 bits per heavy atom. The van der Waals surface area contributed by atoms with Gasteiger partial charge in [0.15, 0.2) is 17.4 Å². The van der Waals surface area contributed by atoms with Crippen molar-refractivity contribution in [2.24, 2.45) is 0 Å². The number of aromatic nitrogens is 4. The number of hydrogen-bond acceptors (Lipinski definition) is 12. The van der Waals surface area contributed by atoms with Crippen LogP contribution in [0, 0.1) is 0 Å². The van der Waals surface area contributed by atoms with Crippen molar-refractivity contribution < 1.29 is 33.6 Å². The number of carbonyl (C=O) groups excluding carboxylic acids is 1. The Balaban J connectivity index is 1.79. The first-order valence-electron chi connectivity index (χ1n) is 10.5. The minimum atomic E-state index is -3.61. The molecule has 1 aliphatic heterocycles. The quantitative estimate of drug-likeness (QED) is 0.209. The van der Waals surface area contributed by atoms with Gasteiger partial charge in [0.05, 0.1) is 19.5 Å². The predicted molar refractivity (Wildman–Crippen MR) is 124 cm³/mol. The van der Waals surface area contributed by atoms with E-state index in [2.05, 4.69) is 20.0 Å². The first-order chi connectivity index (χ1) is 15.9. The highest BCUT2D eigenvalue weighted by Gasteiger charge is 2.54. The zero-order valence-corrected chi connectivity index (χ0v) is 20.8. The molecular weight excluding hydrogens is 491 g/mol. The topological polar surface area (TPSA) is 204 Å². The Bertz CT molecular complexity index is 1140.